The third kappa shape index (κ3) is 6.79. The summed E-state index contributed by atoms with van der Waals surface area (Å²) in [6, 6.07) is 0. The molecule has 0 heterocycles. The second-order valence-corrected chi connectivity index (χ2v) is 8.39. The molecule has 3 unspecified atom stereocenters. The standard InChI is InChI=1S/C8H5F13O3S.C8H20N/c9-1(3(11)12)2(10)5(14,15)7(18,19)8(20,21)6(16,17)4(13)25(22,23)24;1-5-9(6-2,7-3)8-4/h1-4H,(H,22,23,24);5-8H2,1-4H3/q;+1/p-1. The maximum absolute atomic E-state index is 13.0. The fourth-order valence-electron chi connectivity index (χ4n) is 2.58. The van der Waals surface area contributed by atoms with Crippen molar-refractivity contribution in [3.63, 3.8) is 0 Å². The van der Waals surface area contributed by atoms with Crippen molar-refractivity contribution in [1.82, 2.24) is 0 Å². The molecule has 0 aliphatic carbocycles. The van der Waals surface area contributed by atoms with E-state index in [0.717, 1.165) is 0 Å². The second kappa shape index (κ2) is 11.8. The highest BCUT2D eigenvalue weighted by Gasteiger charge is 2.85. The summed E-state index contributed by atoms with van der Waals surface area (Å²) in [4.78, 5) is 0. The molecule has 0 radical (unpaired) electrons. The van der Waals surface area contributed by atoms with Crippen LogP contribution in [0.5, 0.6) is 0 Å². The van der Waals surface area contributed by atoms with Crippen LogP contribution in [0.2, 0.25) is 0 Å². The fraction of sp³-hybridized carbons (Fsp3) is 1.00. The molecule has 0 saturated heterocycles. The normalized spacial score (nSPS) is 17.1. The van der Waals surface area contributed by atoms with Crippen molar-refractivity contribution >= 4 is 10.1 Å². The molecule has 0 aromatic rings. The Hall–Kier alpha value is -1.04. The van der Waals surface area contributed by atoms with Crippen LogP contribution in [0.1, 0.15) is 27.7 Å². The molecule has 208 valence electrons. The van der Waals surface area contributed by atoms with Crippen LogP contribution in [-0.4, -0.2) is 91.6 Å². The van der Waals surface area contributed by atoms with E-state index in [4.69, 9.17) is 0 Å². The highest BCUT2D eigenvalue weighted by Crippen LogP contribution is 2.56. The monoisotopic (exact) mass is 557 g/mol. The summed E-state index contributed by atoms with van der Waals surface area (Å²) in [6.07, 6.45) is -15.1. The zero-order valence-corrected chi connectivity index (χ0v) is 18.9. The van der Waals surface area contributed by atoms with Gasteiger partial charge in [-0.15, -0.1) is 0 Å². The highest BCUT2D eigenvalue weighted by molar-refractivity contribution is 7.86. The van der Waals surface area contributed by atoms with Crippen LogP contribution < -0.4 is 0 Å². The minimum atomic E-state index is -7.81. The van der Waals surface area contributed by atoms with Gasteiger partial charge < -0.3 is 9.04 Å². The Morgan fingerprint density at radius 1 is 0.676 bits per heavy atom. The Morgan fingerprint density at radius 2 is 0.971 bits per heavy atom. The lowest BCUT2D eigenvalue weighted by molar-refractivity contribution is -0.921. The first kappa shape index (κ1) is 35.1. The molecule has 0 aliphatic heterocycles. The van der Waals surface area contributed by atoms with Crippen molar-refractivity contribution in [3.05, 3.63) is 0 Å². The Labute approximate surface area is 187 Å². The first-order chi connectivity index (χ1) is 14.9. The summed E-state index contributed by atoms with van der Waals surface area (Å²) < 4.78 is 196. The quantitative estimate of drug-likeness (QED) is 0.189. The molecule has 0 aliphatic rings. The molecule has 0 saturated carbocycles. The van der Waals surface area contributed by atoms with Crippen LogP contribution in [0.3, 0.4) is 0 Å². The Kier molecular flexibility index (Phi) is 12.2. The van der Waals surface area contributed by atoms with Gasteiger partial charge in [0, 0.05) is 0 Å². The highest BCUT2D eigenvalue weighted by atomic mass is 32.2. The predicted octanol–water partition coefficient (Wildman–Crippen LogP) is 5.19. The van der Waals surface area contributed by atoms with Crippen LogP contribution in [-0.2, 0) is 10.1 Å². The van der Waals surface area contributed by atoms with Gasteiger partial charge in [0.15, 0.2) is 6.17 Å². The average molecular weight is 557 g/mol. The molecule has 0 N–H and O–H groups in total. The summed E-state index contributed by atoms with van der Waals surface area (Å²) in [6.45, 7) is 14.2. The Balaban J connectivity index is 0. The average Bonchev–Trinajstić information content (AvgIpc) is 2.73. The molecule has 0 spiro atoms. The first-order valence-corrected chi connectivity index (χ1v) is 10.9. The van der Waals surface area contributed by atoms with E-state index in [1.807, 2.05) is 0 Å². The van der Waals surface area contributed by atoms with E-state index >= 15 is 0 Å². The number of hydrogen-bond acceptors (Lipinski definition) is 3. The molecular formula is C16H24F13NO3S. The van der Waals surface area contributed by atoms with E-state index < -0.39 is 58.1 Å². The summed E-state index contributed by atoms with van der Waals surface area (Å²) in [5.74, 6) is -30.3. The Morgan fingerprint density at radius 3 is 1.18 bits per heavy atom. The second-order valence-electron chi connectivity index (χ2n) is 6.99. The lowest BCUT2D eigenvalue weighted by atomic mass is 9.94. The minimum Gasteiger partial charge on any atom is -0.746 e. The predicted molar refractivity (Wildman–Crippen MR) is 92.6 cm³/mol. The number of alkyl halides is 13. The van der Waals surface area contributed by atoms with Crippen molar-refractivity contribution in [1.29, 1.82) is 0 Å². The van der Waals surface area contributed by atoms with Gasteiger partial charge in [0.05, 0.1) is 26.2 Å². The lowest BCUT2D eigenvalue weighted by Crippen LogP contribution is -2.68. The van der Waals surface area contributed by atoms with Crippen molar-refractivity contribution in [2.45, 2.75) is 75.7 Å². The first-order valence-electron chi connectivity index (χ1n) is 9.43. The van der Waals surface area contributed by atoms with E-state index in [-0.39, 0.29) is 0 Å². The van der Waals surface area contributed by atoms with Gasteiger partial charge in [0.2, 0.25) is 6.17 Å². The van der Waals surface area contributed by atoms with Crippen molar-refractivity contribution < 1.29 is 74.5 Å². The van der Waals surface area contributed by atoms with Gasteiger partial charge in [-0.05, 0) is 27.7 Å². The molecular weight excluding hydrogens is 533 g/mol. The molecule has 0 fully saturated rings. The summed E-state index contributed by atoms with van der Waals surface area (Å²) in [5.41, 5.74) is -5.70. The van der Waals surface area contributed by atoms with Crippen LogP contribution in [0.15, 0.2) is 0 Å². The Bertz CT molecular complexity index is 712. The van der Waals surface area contributed by atoms with E-state index in [0.29, 0.717) is 0 Å². The van der Waals surface area contributed by atoms with E-state index in [2.05, 4.69) is 27.7 Å². The topological polar surface area (TPSA) is 57.2 Å². The number of rotatable bonds is 12. The molecule has 4 nitrogen and oxygen atoms in total. The van der Waals surface area contributed by atoms with Crippen LogP contribution in [0.4, 0.5) is 57.1 Å². The molecule has 0 aromatic heterocycles. The zero-order chi connectivity index (χ0) is 28.1. The molecule has 0 aromatic carbocycles. The maximum Gasteiger partial charge on any atom is 0.382 e. The maximum atomic E-state index is 13.0. The van der Waals surface area contributed by atoms with Crippen molar-refractivity contribution in [2.24, 2.45) is 0 Å². The molecule has 3 atom stereocenters. The number of quaternary nitrogens is 1. The SMILES string of the molecule is CC[N+](CC)(CC)CC.O=S(=O)([O-])C(F)C(F)(F)C(F)(F)C(F)(F)C(F)(F)C(F)C(F)C(F)F. The van der Waals surface area contributed by atoms with Crippen molar-refractivity contribution in [2.75, 3.05) is 26.2 Å². The van der Waals surface area contributed by atoms with Gasteiger partial charge in [0.1, 0.15) is 10.1 Å². The molecule has 34 heavy (non-hydrogen) atoms. The van der Waals surface area contributed by atoms with Crippen LogP contribution in [0, 0.1) is 0 Å². The number of hydrogen-bond donors (Lipinski definition) is 0. The number of nitrogens with zero attached hydrogens (tertiary/aromatic N) is 1. The zero-order valence-electron chi connectivity index (χ0n) is 18.1. The van der Waals surface area contributed by atoms with Crippen molar-refractivity contribution in [3.8, 4) is 0 Å². The van der Waals surface area contributed by atoms with Crippen LogP contribution in [0.25, 0.3) is 0 Å². The lowest BCUT2D eigenvalue weighted by Gasteiger charge is -2.39. The smallest absolute Gasteiger partial charge is 0.382 e. The van der Waals surface area contributed by atoms with Gasteiger partial charge in [-0.3, -0.25) is 0 Å². The molecule has 0 bridgehead atoms. The molecule has 0 amide bonds. The van der Waals surface area contributed by atoms with E-state index in [1.54, 1.807) is 0 Å². The third-order valence-electron chi connectivity index (χ3n) is 5.32. The van der Waals surface area contributed by atoms with E-state index in [9.17, 15) is 70.0 Å². The molecule has 0 rings (SSSR count). The van der Waals surface area contributed by atoms with Crippen LogP contribution >= 0.6 is 0 Å². The third-order valence-corrected chi connectivity index (χ3v) is 6.12. The largest absolute Gasteiger partial charge is 0.746 e. The summed E-state index contributed by atoms with van der Waals surface area (Å²) in [7, 11) is -7.11. The fourth-order valence-corrected chi connectivity index (χ4v) is 3.10. The molecule has 18 heteroatoms. The van der Waals surface area contributed by atoms with Gasteiger partial charge in [-0.25, -0.2) is 30.4 Å². The van der Waals surface area contributed by atoms with Gasteiger partial charge in [-0.1, -0.05) is 0 Å². The summed E-state index contributed by atoms with van der Waals surface area (Å²) >= 11 is 0. The van der Waals surface area contributed by atoms with Gasteiger partial charge in [-0.2, -0.15) is 35.1 Å². The van der Waals surface area contributed by atoms with E-state index in [1.165, 1.54) is 30.7 Å². The van der Waals surface area contributed by atoms with Gasteiger partial charge >= 0.3 is 23.7 Å². The van der Waals surface area contributed by atoms with Gasteiger partial charge in [0.25, 0.3) is 11.9 Å². The number of halogens is 13. The summed E-state index contributed by atoms with van der Waals surface area (Å²) in [5, 5.41) is 0. The minimum absolute atomic E-state index is 1.28.